The molecule has 0 saturated heterocycles. The second kappa shape index (κ2) is 10.8. The van der Waals surface area contributed by atoms with Crippen molar-refractivity contribution in [2.24, 2.45) is 56.7 Å². The second-order valence-electron chi connectivity index (χ2n) is 17.5. The monoisotopic (exact) mass is 618 g/mol. The zero-order valence-corrected chi connectivity index (χ0v) is 29.2. The first kappa shape index (κ1) is 32.5. The van der Waals surface area contributed by atoms with Crippen LogP contribution in [0.3, 0.4) is 0 Å². The molecule has 0 spiro atoms. The van der Waals surface area contributed by atoms with Gasteiger partial charge in [0.15, 0.2) is 11.5 Å². The van der Waals surface area contributed by atoms with Crippen LogP contribution in [0, 0.1) is 56.7 Å². The highest BCUT2D eigenvalue weighted by atomic mass is 16.5. The molecule has 5 aliphatic carbocycles. The summed E-state index contributed by atoms with van der Waals surface area (Å²) in [6.07, 6.45) is 15.4. The van der Waals surface area contributed by atoms with Gasteiger partial charge in [-0.2, -0.15) is 0 Å². The van der Waals surface area contributed by atoms with E-state index in [1.807, 2.05) is 0 Å². The number of aromatic hydroxyl groups is 2. The van der Waals surface area contributed by atoms with Crippen molar-refractivity contribution in [2.75, 3.05) is 7.11 Å². The first-order valence-electron chi connectivity index (χ1n) is 17.7. The lowest BCUT2D eigenvalue weighted by Gasteiger charge is -2.73. The van der Waals surface area contributed by atoms with Crippen molar-refractivity contribution in [3.05, 3.63) is 35.9 Å². The summed E-state index contributed by atoms with van der Waals surface area (Å²) in [7, 11) is 1.42. The standard InChI is InChI=1S/C40H58O5/c1-24(2)26-14-17-37(5)20-21-39(7)27(34(26)37)11-12-31-38(6)18-16-32(36(3,4)30(38)15-19-40(31,39)8)45-33(42)13-10-25-22-28(41)35(43)29(23-25)44-9/h10,13,22-23,26-27,30-32,34,41,43H,1,11-12,14-21H2,2-9H3. The molecule has 0 aliphatic heterocycles. The Morgan fingerprint density at radius 3 is 2.31 bits per heavy atom. The van der Waals surface area contributed by atoms with E-state index in [0.717, 1.165) is 24.7 Å². The molecule has 5 heteroatoms. The van der Waals surface area contributed by atoms with Gasteiger partial charge in [-0.15, -0.1) is 0 Å². The van der Waals surface area contributed by atoms with Crippen molar-refractivity contribution in [3.8, 4) is 17.2 Å². The van der Waals surface area contributed by atoms with Crippen molar-refractivity contribution in [1.29, 1.82) is 0 Å². The summed E-state index contributed by atoms with van der Waals surface area (Å²) < 4.78 is 11.4. The third kappa shape index (κ3) is 4.71. The first-order valence-corrected chi connectivity index (χ1v) is 17.7. The smallest absolute Gasteiger partial charge is 0.331 e. The van der Waals surface area contributed by atoms with Gasteiger partial charge in [0.1, 0.15) is 6.10 Å². The summed E-state index contributed by atoms with van der Waals surface area (Å²) in [5.41, 5.74) is 3.23. The summed E-state index contributed by atoms with van der Waals surface area (Å²) in [5, 5.41) is 20.0. The van der Waals surface area contributed by atoms with Gasteiger partial charge in [-0.05, 0) is 146 Å². The van der Waals surface area contributed by atoms with E-state index < -0.39 is 0 Å². The number of carbonyl (C=O) groups excluding carboxylic acids is 1. The topological polar surface area (TPSA) is 76.0 Å². The van der Waals surface area contributed by atoms with E-state index in [4.69, 9.17) is 9.47 Å². The minimum Gasteiger partial charge on any atom is -0.504 e. The fourth-order valence-corrected chi connectivity index (χ4v) is 12.9. The van der Waals surface area contributed by atoms with Gasteiger partial charge in [-0.1, -0.05) is 53.7 Å². The molecule has 1 aromatic carbocycles. The van der Waals surface area contributed by atoms with Crippen LogP contribution >= 0.6 is 0 Å². The van der Waals surface area contributed by atoms with Crippen LogP contribution in [0.25, 0.3) is 6.08 Å². The van der Waals surface area contributed by atoms with Crippen LogP contribution in [-0.2, 0) is 9.53 Å². The Labute approximate surface area is 271 Å². The molecular weight excluding hydrogens is 560 g/mol. The van der Waals surface area contributed by atoms with Crippen LogP contribution in [-0.4, -0.2) is 29.4 Å². The van der Waals surface area contributed by atoms with Gasteiger partial charge in [0.05, 0.1) is 7.11 Å². The number of esters is 1. The van der Waals surface area contributed by atoms with Gasteiger partial charge < -0.3 is 19.7 Å². The number of phenols is 2. The van der Waals surface area contributed by atoms with Gasteiger partial charge in [0.2, 0.25) is 5.75 Å². The third-order valence-corrected chi connectivity index (χ3v) is 15.4. The number of benzene rings is 1. The van der Waals surface area contributed by atoms with E-state index >= 15 is 0 Å². The fourth-order valence-electron chi connectivity index (χ4n) is 12.9. The fraction of sp³-hybridized carbons (Fsp3) is 0.725. The number of allylic oxidation sites excluding steroid dienone is 1. The summed E-state index contributed by atoms with van der Waals surface area (Å²) in [5.74, 6) is 2.63. The zero-order chi connectivity index (χ0) is 32.7. The van der Waals surface area contributed by atoms with Crippen LogP contribution in [0.2, 0.25) is 0 Å². The average Bonchev–Trinajstić information content (AvgIpc) is 3.33. The molecule has 0 radical (unpaired) electrons. The first-order chi connectivity index (χ1) is 21.0. The molecule has 0 amide bonds. The number of carbonyl (C=O) groups is 1. The van der Waals surface area contributed by atoms with E-state index in [9.17, 15) is 15.0 Å². The highest BCUT2D eigenvalue weighted by molar-refractivity contribution is 5.87. The average molecular weight is 619 g/mol. The lowest BCUT2D eigenvalue weighted by Crippen LogP contribution is -2.66. The molecule has 2 N–H and O–H groups in total. The Kier molecular flexibility index (Phi) is 7.81. The Balaban J connectivity index is 1.21. The van der Waals surface area contributed by atoms with Crippen LogP contribution in [0.4, 0.5) is 0 Å². The number of methoxy groups -OCH3 is 1. The molecule has 5 nitrogen and oxygen atoms in total. The lowest BCUT2D eigenvalue weighted by molar-refractivity contribution is -0.248. The summed E-state index contributed by atoms with van der Waals surface area (Å²) >= 11 is 0. The van der Waals surface area contributed by atoms with E-state index in [1.54, 1.807) is 12.1 Å². The quantitative estimate of drug-likeness (QED) is 0.149. The van der Waals surface area contributed by atoms with Gasteiger partial charge in [0.25, 0.3) is 0 Å². The van der Waals surface area contributed by atoms with Crippen LogP contribution in [0.5, 0.6) is 17.2 Å². The van der Waals surface area contributed by atoms with E-state index in [1.165, 1.54) is 76.2 Å². The van der Waals surface area contributed by atoms with Gasteiger partial charge in [-0.3, -0.25) is 0 Å². The van der Waals surface area contributed by atoms with Crippen molar-refractivity contribution < 1.29 is 24.5 Å². The molecular formula is C40H58O5. The summed E-state index contributed by atoms with van der Waals surface area (Å²) in [6.45, 7) is 22.1. The predicted octanol–water partition coefficient (Wildman–Crippen LogP) is 9.71. The Hall–Kier alpha value is -2.43. The molecule has 0 heterocycles. The number of fused-ring (bicyclic) bond motifs is 7. The SMILES string of the molecule is C=C(C)C1CCC2(C)CCC3(C)C(CCC4C5(C)CCC(OC(=O)C=Cc6cc(O)c(O)c(OC)c6)C(C)(C)C5CCC43C)C12. The lowest BCUT2D eigenvalue weighted by atomic mass is 9.32. The number of hydrogen-bond acceptors (Lipinski definition) is 5. The minimum absolute atomic E-state index is 0.128. The number of hydrogen-bond donors (Lipinski definition) is 2. The molecule has 0 bridgehead atoms. The zero-order valence-electron chi connectivity index (χ0n) is 29.2. The van der Waals surface area contributed by atoms with Crippen LogP contribution < -0.4 is 4.74 Å². The Morgan fingerprint density at radius 1 is 0.889 bits per heavy atom. The normalized spacial score (nSPS) is 43.5. The number of phenolic OH excluding ortho intramolecular Hbond substituents is 2. The summed E-state index contributed by atoms with van der Waals surface area (Å²) in [4.78, 5) is 13.1. The maximum Gasteiger partial charge on any atom is 0.331 e. The highest BCUT2D eigenvalue weighted by Crippen LogP contribution is 2.77. The molecule has 45 heavy (non-hydrogen) atoms. The Morgan fingerprint density at radius 2 is 1.62 bits per heavy atom. The van der Waals surface area contributed by atoms with Gasteiger partial charge >= 0.3 is 5.97 Å². The minimum atomic E-state index is -0.370. The molecule has 5 aliphatic rings. The van der Waals surface area contributed by atoms with E-state index in [0.29, 0.717) is 39.6 Å². The molecule has 6 rings (SSSR count). The molecule has 248 valence electrons. The van der Waals surface area contributed by atoms with Gasteiger partial charge in [-0.25, -0.2) is 4.79 Å². The third-order valence-electron chi connectivity index (χ3n) is 15.4. The predicted molar refractivity (Wildman–Crippen MR) is 180 cm³/mol. The van der Waals surface area contributed by atoms with Crippen molar-refractivity contribution in [1.82, 2.24) is 0 Å². The summed E-state index contributed by atoms with van der Waals surface area (Å²) in [6, 6.07) is 2.99. The maximum atomic E-state index is 13.1. The number of ether oxygens (including phenoxy) is 2. The number of rotatable bonds is 5. The van der Waals surface area contributed by atoms with E-state index in [-0.39, 0.29) is 40.2 Å². The largest absolute Gasteiger partial charge is 0.504 e. The molecule has 5 saturated carbocycles. The second-order valence-corrected chi connectivity index (χ2v) is 17.5. The Bertz CT molecular complexity index is 1390. The van der Waals surface area contributed by atoms with Crippen molar-refractivity contribution in [2.45, 2.75) is 119 Å². The van der Waals surface area contributed by atoms with Crippen LogP contribution in [0.1, 0.15) is 118 Å². The van der Waals surface area contributed by atoms with Crippen molar-refractivity contribution in [3.63, 3.8) is 0 Å². The maximum absolute atomic E-state index is 13.1. The van der Waals surface area contributed by atoms with E-state index in [2.05, 4.69) is 55.0 Å². The molecule has 1 aromatic rings. The molecule has 10 unspecified atom stereocenters. The highest BCUT2D eigenvalue weighted by Gasteiger charge is 2.70. The van der Waals surface area contributed by atoms with Crippen molar-refractivity contribution >= 4 is 12.0 Å². The molecule has 0 aromatic heterocycles. The molecule has 5 fully saturated rings. The van der Waals surface area contributed by atoms with Crippen LogP contribution in [0.15, 0.2) is 30.4 Å². The molecule has 10 atom stereocenters. The van der Waals surface area contributed by atoms with Gasteiger partial charge in [0, 0.05) is 11.5 Å².